The van der Waals surface area contributed by atoms with E-state index in [1.54, 1.807) is 13.8 Å². The van der Waals surface area contributed by atoms with Crippen molar-refractivity contribution in [3.63, 3.8) is 0 Å². The molecule has 0 bridgehead atoms. The highest BCUT2D eigenvalue weighted by Gasteiger charge is 2.45. The highest BCUT2D eigenvalue weighted by Crippen LogP contribution is 2.35. The number of hydrogen-bond acceptors (Lipinski definition) is 2. The molecule has 0 aliphatic heterocycles. The van der Waals surface area contributed by atoms with Crippen LogP contribution in [0.3, 0.4) is 0 Å². The van der Waals surface area contributed by atoms with E-state index in [1.807, 2.05) is 0 Å². The Hall–Kier alpha value is -0.370. The number of Topliss-reactive ketones (excluding diaryl/α,β-unsaturated/α-hetero) is 1. The molecule has 0 amide bonds. The summed E-state index contributed by atoms with van der Waals surface area (Å²) in [4.78, 5) is 10.6. The maximum absolute atomic E-state index is 10.6. The third-order valence-electron chi connectivity index (χ3n) is 1.93. The van der Waals surface area contributed by atoms with Crippen molar-refractivity contribution in [2.45, 2.75) is 26.4 Å². The molecule has 0 spiro atoms. The lowest BCUT2D eigenvalue weighted by molar-refractivity contribution is -0.150. The number of hydrogen-bond donors (Lipinski definition) is 1. The van der Waals surface area contributed by atoms with Crippen molar-refractivity contribution in [1.29, 1.82) is 0 Å². The molecule has 2 heteroatoms. The number of aliphatic hydroxyl groups excluding tert-OH is 1. The zero-order chi connectivity index (χ0) is 6.36. The van der Waals surface area contributed by atoms with Crippen LogP contribution in [0.5, 0.6) is 0 Å². The molecule has 2 nitrogen and oxygen atoms in total. The Morgan fingerprint density at radius 3 is 2.25 bits per heavy atom. The van der Waals surface area contributed by atoms with E-state index in [4.69, 9.17) is 5.11 Å². The molecule has 0 radical (unpaired) electrons. The van der Waals surface area contributed by atoms with Crippen LogP contribution in [0, 0.1) is 5.41 Å². The van der Waals surface area contributed by atoms with Crippen molar-refractivity contribution in [1.82, 2.24) is 0 Å². The molecule has 1 N–H and O–H groups in total. The molecule has 1 aliphatic carbocycles. The predicted molar refractivity (Wildman–Crippen MR) is 29.4 cm³/mol. The number of rotatable bonds is 0. The van der Waals surface area contributed by atoms with Crippen molar-refractivity contribution in [2.75, 3.05) is 0 Å². The van der Waals surface area contributed by atoms with Gasteiger partial charge in [-0.3, -0.25) is 4.79 Å². The molecule has 1 saturated carbocycles. The van der Waals surface area contributed by atoms with Crippen LogP contribution in [0.2, 0.25) is 0 Å². The van der Waals surface area contributed by atoms with E-state index in [9.17, 15) is 4.79 Å². The van der Waals surface area contributed by atoms with E-state index in [0.29, 0.717) is 6.42 Å². The van der Waals surface area contributed by atoms with Gasteiger partial charge in [0.25, 0.3) is 0 Å². The van der Waals surface area contributed by atoms with Crippen molar-refractivity contribution in [3.8, 4) is 0 Å². The van der Waals surface area contributed by atoms with Crippen molar-refractivity contribution < 1.29 is 9.90 Å². The van der Waals surface area contributed by atoms with Crippen molar-refractivity contribution in [3.05, 3.63) is 0 Å². The van der Waals surface area contributed by atoms with Crippen LogP contribution in [0.15, 0.2) is 0 Å². The first-order valence-corrected chi connectivity index (χ1v) is 2.76. The highest BCUT2D eigenvalue weighted by molar-refractivity contribution is 5.91. The third kappa shape index (κ3) is 0.494. The molecule has 1 aliphatic rings. The molecule has 0 saturated heterocycles. The topological polar surface area (TPSA) is 37.3 Å². The minimum absolute atomic E-state index is 0.171. The van der Waals surface area contributed by atoms with Crippen LogP contribution in [-0.4, -0.2) is 17.0 Å². The minimum atomic E-state index is -0.444. The van der Waals surface area contributed by atoms with Gasteiger partial charge in [0.05, 0.1) is 6.10 Å². The van der Waals surface area contributed by atoms with E-state index < -0.39 is 11.5 Å². The summed E-state index contributed by atoms with van der Waals surface area (Å²) in [5.41, 5.74) is -0.444. The van der Waals surface area contributed by atoms with Crippen LogP contribution in [0.4, 0.5) is 0 Å². The molecular formula is C6H10O2. The highest BCUT2D eigenvalue weighted by atomic mass is 16.3. The van der Waals surface area contributed by atoms with Crippen LogP contribution in [0.25, 0.3) is 0 Å². The minimum Gasteiger partial charge on any atom is -0.392 e. The van der Waals surface area contributed by atoms with Gasteiger partial charge in [-0.05, 0) is 0 Å². The number of aliphatic hydroxyl groups is 1. The summed E-state index contributed by atoms with van der Waals surface area (Å²) >= 11 is 0. The van der Waals surface area contributed by atoms with E-state index in [2.05, 4.69) is 0 Å². The van der Waals surface area contributed by atoms with Crippen LogP contribution in [0.1, 0.15) is 20.3 Å². The second-order valence-corrected chi connectivity index (χ2v) is 2.86. The lowest BCUT2D eigenvalue weighted by Gasteiger charge is -2.38. The summed E-state index contributed by atoms with van der Waals surface area (Å²) in [6.07, 6.45) is -0.0394. The fourth-order valence-corrected chi connectivity index (χ4v) is 0.749. The van der Waals surface area contributed by atoms with Gasteiger partial charge >= 0.3 is 0 Å². The molecule has 1 fully saturated rings. The summed E-state index contributed by atoms with van der Waals surface area (Å²) in [6, 6.07) is 0. The first-order valence-electron chi connectivity index (χ1n) is 2.76. The van der Waals surface area contributed by atoms with Crippen molar-refractivity contribution in [2.24, 2.45) is 5.41 Å². The monoisotopic (exact) mass is 114 g/mol. The van der Waals surface area contributed by atoms with Gasteiger partial charge in [0.15, 0.2) is 0 Å². The van der Waals surface area contributed by atoms with Crippen LogP contribution < -0.4 is 0 Å². The predicted octanol–water partition coefficient (Wildman–Crippen LogP) is 0.346. The summed E-state index contributed by atoms with van der Waals surface area (Å²) in [5.74, 6) is 0.171. The molecule has 46 valence electrons. The average molecular weight is 114 g/mol. The van der Waals surface area contributed by atoms with Gasteiger partial charge in [-0.1, -0.05) is 13.8 Å². The van der Waals surface area contributed by atoms with Crippen LogP contribution in [-0.2, 0) is 4.79 Å². The molecule has 0 aromatic rings. The fraction of sp³-hybridized carbons (Fsp3) is 0.833. The van der Waals surface area contributed by atoms with Gasteiger partial charge in [0, 0.05) is 11.8 Å². The molecule has 1 atom stereocenters. The maximum atomic E-state index is 10.6. The van der Waals surface area contributed by atoms with E-state index in [0.717, 1.165) is 0 Å². The maximum Gasteiger partial charge on any atom is 0.143 e. The third-order valence-corrected chi connectivity index (χ3v) is 1.93. The second-order valence-electron chi connectivity index (χ2n) is 2.86. The zero-order valence-electron chi connectivity index (χ0n) is 5.14. The molecule has 1 rings (SSSR count). The summed E-state index contributed by atoms with van der Waals surface area (Å²) in [6.45, 7) is 3.53. The Morgan fingerprint density at radius 2 is 2.25 bits per heavy atom. The Labute approximate surface area is 48.5 Å². The number of carbonyl (C=O) groups is 1. The SMILES string of the molecule is CC1(C)C(=O)C[C@@H]1O. The van der Waals surface area contributed by atoms with E-state index >= 15 is 0 Å². The largest absolute Gasteiger partial charge is 0.392 e. The zero-order valence-corrected chi connectivity index (χ0v) is 5.14. The number of carbonyl (C=O) groups excluding carboxylic acids is 1. The first-order chi connectivity index (χ1) is 3.55. The van der Waals surface area contributed by atoms with Crippen molar-refractivity contribution >= 4 is 5.78 Å². The summed E-state index contributed by atoms with van der Waals surface area (Å²) in [5, 5.41) is 8.93. The molecule has 0 aromatic carbocycles. The van der Waals surface area contributed by atoms with Gasteiger partial charge < -0.3 is 5.11 Å². The van der Waals surface area contributed by atoms with Gasteiger partial charge in [0.1, 0.15) is 5.78 Å². The standard InChI is InChI=1S/C6H10O2/c1-6(2)4(7)3-5(6)8/h4,7H,3H2,1-2H3/t4-/m0/s1. The molecule has 0 aromatic heterocycles. The van der Waals surface area contributed by atoms with E-state index in [1.165, 1.54) is 0 Å². The van der Waals surface area contributed by atoms with Gasteiger partial charge in [-0.2, -0.15) is 0 Å². The average Bonchev–Trinajstić information content (AvgIpc) is 1.68. The summed E-state index contributed by atoms with van der Waals surface area (Å²) < 4.78 is 0. The van der Waals surface area contributed by atoms with Gasteiger partial charge in [-0.25, -0.2) is 0 Å². The molecule has 0 unspecified atom stereocenters. The lowest BCUT2D eigenvalue weighted by Crippen LogP contribution is -2.49. The number of ketones is 1. The Kier molecular flexibility index (Phi) is 0.949. The molecule has 0 heterocycles. The van der Waals surface area contributed by atoms with Gasteiger partial charge in [0.2, 0.25) is 0 Å². The Morgan fingerprint density at radius 1 is 1.75 bits per heavy atom. The quantitative estimate of drug-likeness (QED) is 0.493. The fourth-order valence-electron chi connectivity index (χ4n) is 0.749. The van der Waals surface area contributed by atoms with E-state index in [-0.39, 0.29) is 5.78 Å². The van der Waals surface area contributed by atoms with Crippen LogP contribution >= 0.6 is 0 Å². The van der Waals surface area contributed by atoms with Gasteiger partial charge in [-0.15, -0.1) is 0 Å². The molecule has 8 heavy (non-hydrogen) atoms. The lowest BCUT2D eigenvalue weighted by atomic mass is 9.68. The second kappa shape index (κ2) is 1.32. The molecular weight excluding hydrogens is 104 g/mol. The smallest absolute Gasteiger partial charge is 0.143 e. The summed E-state index contributed by atoms with van der Waals surface area (Å²) in [7, 11) is 0. The first kappa shape index (κ1) is 5.76. The normalized spacial score (nSPS) is 34.4. The Balaban J connectivity index is 2.66. The Bertz CT molecular complexity index is 126.